The Morgan fingerprint density at radius 1 is 1.20 bits per heavy atom. The van der Waals surface area contributed by atoms with Crippen LogP contribution in [0.3, 0.4) is 0 Å². The van der Waals surface area contributed by atoms with E-state index in [4.69, 9.17) is 9.47 Å². The summed E-state index contributed by atoms with van der Waals surface area (Å²) < 4.78 is 24.4. The molecule has 0 saturated heterocycles. The van der Waals surface area contributed by atoms with Gasteiger partial charge in [0.2, 0.25) is 6.79 Å². The lowest BCUT2D eigenvalue weighted by molar-refractivity contribution is 0.174. The van der Waals surface area contributed by atoms with E-state index < -0.39 is 0 Å². The van der Waals surface area contributed by atoms with Crippen LogP contribution in [0.4, 0.5) is 4.39 Å². The van der Waals surface area contributed by atoms with Gasteiger partial charge in [-0.1, -0.05) is 18.2 Å². The Morgan fingerprint density at radius 2 is 2.00 bits per heavy atom. The van der Waals surface area contributed by atoms with Crippen LogP contribution in [0.2, 0.25) is 0 Å². The van der Waals surface area contributed by atoms with Crippen molar-refractivity contribution in [2.45, 2.75) is 26.4 Å². The van der Waals surface area contributed by atoms with E-state index in [1.807, 2.05) is 31.2 Å². The van der Waals surface area contributed by atoms with Gasteiger partial charge in [-0.2, -0.15) is 0 Å². The number of benzene rings is 2. The normalized spacial score (nSPS) is 14.3. The van der Waals surface area contributed by atoms with E-state index in [1.54, 1.807) is 26.1 Å². The average molecular weight is 343 g/mol. The molecule has 1 unspecified atom stereocenters. The molecule has 2 aromatic carbocycles. The molecule has 25 heavy (non-hydrogen) atoms. The number of aliphatic imine (C=N–C) groups is 1. The third-order valence-corrected chi connectivity index (χ3v) is 4.17. The minimum absolute atomic E-state index is 0.0712. The van der Waals surface area contributed by atoms with Gasteiger partial charge in [-0.15, -0.1) is 0 Å². The number of aryl methyl sites for hydroxylation is 1. The first-order valence-electron chi connectivity index (χ1n) is 8.18. The first-order chi connectivity index (χ1) is 12.1. The number of halogens is 1. The Labute approximate surface area is 146 Å². The van der Waals surface area contributed by atoms with Gasteiger partial charge >= 0.3 is 0 Å². The average Bonchev–Trinajstić information content (AvgIpc) is 3.08. The fourth-order valence-corrected chi connectivity index (χ4v) is 2.60. The zero-order valence-electron chi connectivity index (χ0n) is 14.6. The topological polar surface area (TPSA) is 54.9 Å². The maximum atomic E-state index is 13.7. The van der Waals surface area contributed by atoms with Crippen LogP contribution in [0.5, 0.6) is 11.5 Å². The Hall–Kier alpha value is -2.76. The molecular weight excluding hydrogens is 321 g/mol. The highest BCUT2D eigenvalue weighted by molar-refractivity contribution is 5.80. The molecule has 0 radical (unpaired) electrons. The van der Waals surface area contributed by atoms with E-state index in [0.717, 1.165) is 22.6 Å². The second-order valence-electron chi connectivity index (χ2n) is 5.99. The molecule has 6 heteroatoms. The summed E-state index contributed by atoms with van der Waals surface area (Å²) in [5.74, 6) is 1.97. The van der Waals surface area contributed by atoms with Gasteiger partial charge in [0.05, 0.1) is 6.04 Å². The lowest BCUT2D eigenvalue weighted by Gasteiger charge is -2.19. The van der Waals surface area contributed by atoms with Gasteiger partial charge in [-0.3, -0.25) is 4.99 Å². The Bertz CT molecular complexity index is 792. The molecular formula is C19H22FN3O2. The number of guanidine groups is 1. The van der Waals surface area contributed by atoms with Crippen molar-refractivity contribution in [3.05, 3.63) is 58.9 Å². The van der Waals surface area contributed by atoms with Crippen LogP contribution in [-0.2, 0) is 6.54 Å². The summed E-state index contributed by atoms with van der Waals surface area (Å²) in [6, 6.07) is 11.0. The van der Waals surface area contributed by atoms with Gasteiger partial charge in [-0.05, 0) is 48.7 Å². The van der Waals surface area contributed by atoms with E-state index in [-0.39, 0.29) is 18.7 Å². The molecule has 0 amide bonds. The molecule has 0 fully saturated rings. The predicted molar refractivity (Wildman–Crippen MR) is 95.5 cm³/mol. The van der Waals surface area contributed by atoms with Crippen molar-refractivity contribution in [2.24, 2.45) is 4.99 Å². The third kappa shape index (κ3) is 4.02. The van der Waals surface area contributed by atoms with E-state index in [9.17, 15) is 4.39 Å². The quantitative estimate of drug-likeness (QED) is 0.661. The molecule has 0 saturated carbocycles. The monoisotopic (exact) mass is 343 g/mol. The standard InChI is InChI=1S/C19H22FN3O2/c1-12-4-6-15(9-16(12)20)13(2)23-19(21-3)22-10-14-5-7-17-18(8-14)25-11-24-17/h4-9,13H,10-11H2,1-3H3,(H2,21,22,23). The van der Waals surface area contributed by atoms with Crippen molar-refractivity contribution in [1.29, 1.82) is 0 Å². The van der Waals surface area contributed by atoms with Crippen LogP contribution >= 0.6 is 0 Å². The van der Waals surface area contributed by atoms with E-state index in [1.165, 1.54) is 0 Å². The third-order valence-electron chi connectivity index (χ3n) is 4.17. The smallest absolute Gasteiger partial charge is 0.231 e. The van der Waals surface area contributed by atoms with Crippen LogP contribution in [0.25, 0.3) is 0 Å². The van der Waals surface area contributed by atoms with Gasteiger partial charge in [-0.25, -0.2) is 4.39 Å². The first kappa shape index (κ1) is 17.1. The summed E-state index contributed by atoms with van der Waals surface area (Å²) in [7, 11) is 1.71. The fourth-order valence-electron chi connectivity index (χ4n) is 2.60. The molecule has 2 N–H and O–H groups in total. The number of ether oxygens (including phenoxy) is 2. The van der Waals surface area contributed by atoms with Crippen molar-refractivity contribution in [3.63, 3.8) is 0 Å². The highest BCUT2D eigenvalue weighted by atomic mass is 19.1. The second-order valence-corrected chi connectivity index (χ2v) is 5.99. The highest BCUT2D eigenvalue weighted by Gasteiger charge is 2.14. The van der Waals surface area contributed by atoms with Gasteiger partial charge in [0.1, 0.15) is 5.82 Å². The molecule has 2 aromatic rings. The maximum Gasteiger partial charge on any atom is 0.231 e. The van der Waals surface area contributed by atoms with Crippen LogP contribution in [0, 0.1) is 12.7 Å². The summed E-state index contributed by atoms with van der Waals surface area (Å²) in [5.41, 5.74) is 2.57. The van der Waals surface area contributed by atoms with E-state index in [0.29, 0.717) is 18.1 Å². The second kappa shape index (κ2) is 7.42. The number of hydrogen-bond donors (Lipinski definition) is 2. The SMILES string of the molecule is CN=C(NCc1ccc2c(c1)OCO2)NC(C)c1ccc(C)c(F)c1. The van der Waals surface area contributed by atoms with Crippen LogP contribution in [0.1, 0.15) is 29.7 Å². The van der Waals surface area contributed by atoms with Gasteiger partial charge in [0.25, 0.3) is 0 Å². The maximum absolute atomic E-state index is 13.7. The van der Waals surface area contributed by atoms with E-state index in [2.05, 4.69) is 15.6 Å². The summed E-state index contributed by atoms with van der Waals surface area (Å²) >= 11 is 0. The van der Waals surface area contributed by atoms with Crippen molar-refractivity contribution >= 4 is 5.96 Å². The number of nitrogens with one attached hydrogen (secondary N) is 2. The van der Waals surface area contributed by atoms with Crippen LogP contribution < -0.4 is 20.1 Å². The molecule has 1 atom stereocenters. The Balaban J connectivity index is 1.60. The van der Waals surface area contributed by atoms with Crippen LogP contribution in [0.15, 0.2) is 41.4 Å². The van der Waals surface area contributed by atoms with E-state index >= 15 is 0 Å². The van der Waals surface area contributed by atoms with Crippen molar-refractivity contribution in [3.8, 4) is 11.5 Å². The highest BCUT2D eigenvalue weighted by Crippen LogP contribution is 2.32. The summed E-state index contributed by atoms with van der Waals surface area (Å²) in [6.45, 7) is 4.58. The summed E-state index contributed by atoms with van der Waals surface area (Å²) in [4.78, 5) is 4.23. The predicted octanol–water partition coefficient (Wildman–Crippen LogP) is 3.29. The molecule has 3 rings (SSSR count). The Kier molecular flexibility index (Phi) is 5.07. The minimum Gasteiger partial charge on any atom is -0.454 e. The fraction of sp³-hybridized carbons (Fsp3) is 0.316. The molecule has 1 heterocycles. The molecule has 1 aliphatic heterocycles. The van der Waals surface area contributed by atoms with Crippen molar-refractivity contribution in [2.75, 3.05) is 13.8 Å². The Morgan fingerprint density at radius 3 is 2.76 bits per heavy atom. The van der Waals surface area contributed by atoms with Crippen molar-refractivity contribution in [1.82, 2.24) is 10.6 Å². The minimum atomic E-state index is -0.200. The molecule has 0 spiro atoms. The van der Waals surface area contributed by atoms with Gasteiger partial charge in [0.15, 0.2) is 17.5 Å². The van der Waals surface area contributed by atoms with Gasteiger partial charge in [0, 0.05) is 13.6 Å². The zero-order valence-corrected chi connectivity index (χ0v) is 14.6. The molecule has 0 bridgehead atoms. The lowest BCUT2D eigenvalue weighted by atomic mass is 10.1. The lowest BCUT2D eigenvalue weighted by Crippen LogP contribution is -2.38. The molecule has 5 nitrogen and oxygen atoms in total. The first-order valence-corrected chi connectivity index (χ1v) is 8.18. The molecule has 0 aromatic heterocycles. The van der Waals surface area contributed by atoms with Crippen LogP contribution in [-0.4, -0.2) is 19.8 Å². The number of nitrogens with zero attached hydrogens (tertiary/aromatic N) is 1. The molecule has 132 valence electrons. The largest absolute Gasteiger partial charge is 0.454 e. The number of rotatable bonds is 4. The number of hydrogen-bond acceptors (Lipinski definition) is 3. The summed E-state index contributed by atoms with van der Waals surface area (Å²) in [6.07, 6.45) is 0. The molecule has 0 aliphatic carbocycles. The van der Waals surface area contributed by atoms with Gasteiger partial charge < -0.3 is 20.1 Å². The number of fused-ring (bicyclic) bond motifs is 1. The summed E-state index contributed by atoms with van der Waals surface area (Å²) in [5, 5.41) is 6.52. The zero-order chi connectivity index (χ0) is 17.8. The molecule has 1 aliphatic rings. The van der Waals surface area contributed by atoms with Crippen molar-refractivity contribution < 1.29 is 13.9 Å².